The summed E-state index contributed by atoms with van der Waals surface area (Å²) in [5, 5.41) is 6.39. The lowest BCUT2D eigenvalue weighted by Gasteiger charge is -2.23. The monoisotopic (exact) mass is 338 g/mol. The molecule has 1 aliphatic rings. The average molecular weight is 339 g/mol. The zero-order valence-electron chi connectivity index (χ0n) is 12.3. The second-order valence-electron chi connectivity index (χ2n) is 5.67. The van der Waals surface area contributed by atoms with Crippen molar-refractivity contribution < 1.29 is 4.79 Å². The molecule has 1 saturated carbocycles. The van der Waals surface area contributed by atoms with Gasteiger partial charge in [-0.05, 0) is 49.9 Å². The molecule has 3 nitrogen and oxygen atoms in total. The first-order valence-electron chi connectivity index (χ1n) is 7.36. The van der Waals surface area contributed by atoms with E-state index < -0.39 is 0 Å². The maximum Gasteiger partial charge on any atom is 0.239 e. The predicted molar refractivity (Wildman–Crippen MR) is 87.1 cm³/mol. The van der Waals surface area contributed by atoms with Gasteiger partial charge in [-0.15, -0.1) is 0 Å². The molecule has 2 N–H and O–H groups in total. The van der Waals surface area contributed by atoms with Crippen LogP contribution in [-0.4, -0.2) is 18.5 Å². The molecule has 2 rings (SSSR count). The minimum atomic E-state index is 0.0959. The zero-order valence-corrected chi connectivity index (χ0v) is 13.8. The molecule has 0 spiro atoms. The largest absolute Gasteiger partial charge is 0.376 e. The van der Waals surface area contributed by atoms with Crippen LogP contribution in [0.25, 0.3) is 0 Å². The van der Waals surface area contributed by atoms with E-state index in [1.165, 1.54) is 19.3 Å². The van der Waals surface area contributed by atoms with E-state index in [0.29, 0.717) is 12.6 Å². The van der Waals surface area contributed by atoms with Crippen LogP contribution in [0.2, 0.25) is 0 Å². The van der Waals surface area contributed by atoms with Crippen molar-refractivity contribution >= 4 is 27.5 Å². The van der Waals surface area contributed by atoms with E-state index in [1.807, 2.05) is 0 Å². The molecule has 0 heterocycles. The van der Waals surface area contributed by atoms with Crippen LogP contribution in [0.5, 0.6) is 0 Å². The Kier molecular flexibility index (Phi) is 5.46. The standard InChI is InChI=1S/C16H23BrN2O/c1-11-8-13(17)9-12(2)16(11)18-10-15(20)19-14-6-4-3-5-7-14/h8-9,14,18H,3-7,10H2,1-2H3,(H,19,20). The highest BCUT2D eigenvalue weighted by Gasteiger charge is 2.15. The highest BCUT2D eigenvalue weighted by molar-refractivity contribution is 9.10. The second-order valence-corrected chi connectivity index (χ2v) is 6.59. The average Bonchev–Trinajstić information content (AvgIpc) is 2.38. The predicted octanol–water partition coefficient (Wildman–Crippen LogP) is 3.93. The van der Waals surface area contributed by atoms with Crippen molar-refractivity contribution in [2.75, 3.05) is 11.9 Å². The van der Waals surface area contributed by atoms with Crippen molar-refractivity contribution in [3.05, 3.63) is 27.7 Å². The van der Waals surface area contributed by atoms with E-state index in [9.17, 15) is 4.79 Å². The van der Waals surface area contributed by atoms with E-state index in [4.69, 9.17) is 0 Å². The Morgan fingerprint density at radius 2 is 1.80 bits per heavy atom. The molecular weight excluding hydrogens is 316 g/mol. The van der Waals surface area contributed by atoms with Crippen molar-refractivity contribution in [1.29, 1.82) is 0 Å². The summed E-state index contributed by atoms with van der Waals surface area (Å²) in [5.41, 5.74) is 3.37. The Balaban J connectivity index is 1.87. The van der Waals surface area contributed by atoms with Gasteiger partial charge in [0, 0.05) is 16.2 Å². The van der Waals surface area contributed by atoms with Crippen LogP contribution in [0.1, 0.15) is 43.2 Å². The van der Waals surface area contributed by atoms with E-state index in [1.54, 1.807) is 0 Å². The maximum atomic E-state index is 12.0. The van der Waals surface area contributed by atoms with E-state index in [0.717, 1.165) is 34.1 Å². The lowest BCUT2D eigenvalue weighted by Crippen LogP contribution is -2.39. The Morgan fingerprint density at radius 3 is 2.40 bits per heavy atom. The van der Waals surface area contributed by atoms with Gasteiger partial charge in [0.15, 0.2) is 0 Å². The Hall–Kier alpha value is -1.03. The molecule has 0 unspecified atom stereocenters. The lowest BCUT2D eigenvalue weighted by molar-refractivity contribution is -0.120. The van der Waals surface area contributed by atoms with Gasteiger partial charge in [-0.25, -0.2) is 0 Å². The summed E-state index contributed by atoms with van der Waals surface area (Å²) in [4.78, 5) is 12.0. The number of carbonyl (C=O) groups excluding carboxylic acids is 1. The maximum absolute atomic E-state index is 12.0. The zero-order chi connectivity index (χ0) is 14.5. The van der Waals surface area contributed by atoms with Gasteiger partial charge in [0.25, 0.3) is 0 Å². The molecule has 1 aliphatic carbocycles. The topological polar surface area (TPSA) is 41.1 Å². The third-order valence-corrected chi connectivity index (χ3v) is 4.35. The molecule has 1 fully saturated rings. The van der Waals surface area contributed by atoms with Gasteiger partial charge in [0.05, 0.1) is 6.54 Å². The summed E-state index contributed by atoms with van der Waals surface area (Å²) in [6.45, 7) is 4.46. The van der Waals surface area contributed by atoms with Gasteiger partial charge in [0.2, 0.25) is 5.91 Å². The van der Waals surface area contributed by atoms with Crippen molar-refractivity contribution in [2.24, 2.45) is 0 Å². The number of hydrogen-bond acceptors (Lipinski definition) is 2. The van der Waals surface area contributed by atoms with E-state index >= 15 is 0 Å². The third kappa shape index (κ3) is 4.23. The highest BCUT2D eigenvalue weighted by Crippen LogP contribution is 2.24. The van der Waals surface area contributed by atoms with Crippen LogP contribution in [0, 0.1) is 13.8 Å². The minimum absolute atomic E-state index is 0.0959. The minimum Gasteiger partial charge on any atom is -0.376 e. The number of anilines is 1. The van der Waals surface area contributed by atoms with E-state index in [2.05, 4.69) is 52.5 Å². The number of benzene rings is 1. The molecule has 1 aromatic rings. The summed E-state index contributed by atoms with van der Waals surface area (Å²) in [6, 6.07) is 4.51. The molecule has 4 heteroatoms. The van der Waals surface area contributed by atoms with E-state index in [-0.39, 0.29) is 5.91 Å². The SMILES string of the molecule is Cc1cc(Br)cc(C)c1NCC(=O)NC1CCCCC1. The number of carbonyl (C=O) groups is 1. The fourth-order valence-corrected chi connectivity index (χ4v) is 3.57. The number of amides is 1. The number of halogens is 1. The van der Waals surface area contributed by atoms with Crippen molar-refractivity contribution in [1.82, 2.24) is 5.32 Å². The van der Waals surface area contributed by atoms with Crippen LogP contribution in [-0.2, 0) is 4.79 Å². The molecule has 0 atom stereocenters. The second kappa shape index (κ2) is 7.11. The Morgan fingerprint density at radius 1 is 1.20 bits per heavy atom. The molecule has 0 aliphatic heterocycles. The van der Waals surface area contributed by atoms with Crippen molar-refractivity contribution in [3.63, 3.8) is 0 Å². The molecule has 0 radical (unpaired) electrons. The smallest absolute Gasteiger partial charge is 0.239 e. The molecule has 20 heavy (non-hydrogen) atoms. The van der Waals surface area contributed by atoms with Crippen LogP contribution in [0.4, 0.5) is 5.69 Å². The highest BCUT2D eigenvalue weighted by atomic mass is 79.9. The summed E-state index contributed by atoms with van der Waals surface area (Å²) in [6.07, 6.45) is 6.04. The third-order valence-electron chi connectivity index (χ3n) is 3.89. The Bertz CT molecular complexity index is 458. The summed E-state index contributed by atoms with van der Waals surface area (Å²) in [5.74, 6) is 0.0959. The lowest BCUT2D eigenvalue weighted by atomic mass is 9.95. The van der Waals surface area contributed by atoms with Gasteiger partial charge >= 0.3 is 0 Å². The summed E-state index contributed by atoms with van der Waals surface area (Å²) >= 11 is 3.49. The van der Waals surface area contributed by atoms with Crippen LogP contribution >= 0.6 is 15.9 Å². The first kappa shape index (κ1) is 15.4. The van der Waals surface area contributed by atoms with Gasteiger partial charge < -0.3 is 10.6 Å². The van der Waals surface area contributed by atoms with Gasteiger partial charge in [-0.1, -0.05) is 35.2 Å². The first-order valence-corrected chi connectivity index (χ1v) is 8.15. The van der Waals surface area contributed by atoms with Gasteiger partial charge in [-0.2, -0.15) is 0 Å². The van der Waals surface area contributed by atoms with Gasteiger partial charge in [-0.3, -0.25) is 4.79 Å². The number of nitrogens with one attached hydrogen (secondary N) is 2. The molecule has 0 bridgehead atoms. The molecule has 1 aromatic carbocycles. The molecule has 1 amide bonds. The number of aryl methyl sites for hydroxylation is 2. The van der Waals surface area contributed by atoms with Crippen LogP contribution in [0.15, 0.2) is 16.6 Å². The van der Waals surface area contributed by atoms with Crippen LogP contribution < -0.4 is 10.6 Å². The fraction of sp³-hybridized carbons (Fsp3) is 0.562. The summed E-state index contributed by atoms with van der Waals surface area (Å²) in [7, 11) is 0. The normalized spacial score (nSPS) is 15.9. The van der Waals surface area contributed by atoms with Crippen molar-refractivity contribution in [2.45, 2.75) is 52.0 Å². The number of hydrogen-bond donors (Lipinski definition) is 2. The van der Waals surface area contributed by atoms with Crippen molar-refractivity contribution in [3.8, 4) is 0 Å². The summed E-state index contributed by atoms with van der Waals surface area (Å²) < 4.78 is 1.07. The van der Waals surface area contributed by atoms with Gasteiger partial charge in [0.1, 0.15) is 0 Å². The fourth-order valence-electron chi connectivity index (χ4n) is 2.88. The first-order chi connectivity index (χ1) is 9.56. The molecular formula is C16H23BrN2O. The molecule has 0 aromatic heterocycles. The Labute approximate surface area is 129 Å². The molecule has 0 saturated heterocycles. The number of rotatable bonds is 4. The van der Waals surface area contributed by atoms with Crippen LogP contribution in [0.3, 0.4) is 0 Å². The molecule has 110 valence electrons. The quantitative estimate of drug-likeness (QED) is 0.873.